The first-order valence-electron chi connectivity index (χ1n) is 7.84. The summed E-state index contributed by atoms with van der Waals surface area (Å²) >= 11 is 0. The Bertz CT molecular complexity index is 418. The van der Waals surface area contributed by atoms with Gasteiger partial charge in [0.05, 0.1) is 12.1 Å². The minimum atomic E-state index is -0.275. The number of hydrogen-bond acceptors (Lipinski definition) is 8. The molecule has 0 spiro atoms. The van der Waals surface area contributed by atoms with Crippen molar-refractivity contribution in [3.05, 3.63) is 0 Å². The van der Waals surface area contributed by atoms with Crippen molar-refractivity contribution in [1.29, 1.82) is 10.5 Å². The monoisotopic (exact) mass is 372 g/mol. The van der Waals surface area contributed by atoms with Gasteiger partial charge in [0.15, 0.2) is 0 Å². The molecule has 0 N–H and O–H groups in total. The third kappa shape index (κ3) is 14.2. The summed E-state index contributed by atoms with van der Waals surface area (Å²) in [4.78, 5) is 22.8. The van der Waals surface area contributed by atoms with E-state index in [0.717, 1.165) is 0 Å². The van der Waals surface area contributed by atoms with Crippen molar-refractivity contribution in [3.8, 4) is 12.1 Å². The average molecular weight is 373 g/mol. The van der Waals surface area contributed by atoms with Crippen LogP contribution in [0.2, 0.25) is 0 Å². The van der Waals surface area contributed by atoms with Crippen molar-refractivity contribution in [2.45, 2.75) is 39.5 Å². The number of carbonyl (C=O) groups excluding carboxylic acids is 2. The minimum Gasteiger partial charge on any atom is -0.465 e. The Balaban J connectivity index is 3.39. The number of ether oxygens (including phenoxy) is 2. The van der Waals surface area contributed by atoms with Crippen LogP contribution in [0.15, 0.2) is 0 Å². The standard InChI is InChI=1S/C16H24N2O4S2/c1-13(11-17)3-5-15(19)21-7-9-23-24-10-8-22-16(20)6-4-14(2)12-18/h13-14H,3-10H2,1-2H3. The van der Waals surface area contributed by atoms with Crippen molar-refractivity contribution in [2.24, 2.45) is 11.8 Å². The van der Waals surface area contributed by atoms with Crippen molar-refractivity contribution in [1.82, 2.24) is 0 Å². The van der Waals surface area contributed by atoms with Crippen LogP contribution in [0.5, 0.6) is 0 Å². The molecule has 0 saturated carbocycles. The molecule has 6 nitrogen and oxygen atoms in total. The maximum absolute atomic E-state index is 11.4. The maximum Gasteiger partial charge on any atom is 0.305 e. The zero-order valence-electron chi connectivity index (χ0n) is 14.2. The number of esters is 2. The van der Waals surface area contributed by atoms with Crippen LogP contribution in [0.1, 0.15) is 39.5 Å². The number of rotatable bonds is 13. The van der Waals surface area contributed by atoms with Gasteiger partial charge < -0.3 is 9.47 Å². The molecule has 8 heteroatoms. The largest absolute Gasteiger partial charge is 0.465 e. The van der Waals surface area contributed by atoms with Crippen LogP contribution < -0.4 is 0 Å². The molecule has 0 aliphatic rings. The average Bonchev–Trinajstić information content (AvgIpc) is 2.59. The first-order chi connectivity index (χ1) is 11.5. The molecule has 0 amide bonds. The van der Waals surface area contributed by atoms with Gasteiger partial charge in [-0.15, -0.1) is 0 Å². The number of nitriles is 2. The Morgan fingerprint density at radius 1 is 0.875 bits per heavy atom. The van der Waals surface area contributed by atoms with Gasteiger partial charge in [-0.3, -0.25) is 9.59 Å². The molecular formula is C16H24N2O4S2. The first-order valence-corrected chi connectivity index (χ1v) is 10.3. The highest BCUT2D eigenvalue weighted by Gasteiger charge is 2.08. The Labute approximate surface area is 151 Å². The van der Waals surface area contributed by atoms with Crippen molar-refractivity contribution in [2.75, 3.05) is 24.7 Å². The van der Waals surface area contributed by atoms with E-state index in [1.54, 1.807) is 35.4 Å². The van der Waals surface area contributed by atoms with Gasteiger partial charge in [-0.25, -0.2) is 0 Å². The van der Waals surface area contributed by atoms with Crippen molar-refractivity contribution < 1.29 is 19.1 Å². The summed E-state index contributed by atoms with van der Waals surface area (Å²) in [6.45, 7) is 4.22. The van der Waals surface area contributed by atoms with Gasteiger partial charge in [0, 0.05) is 36.2 Å². The summed E-state index contributed by atoms with van der Waals surface area (Å²) < 4.78 is 10.1. The maximum atomic E-state index is 11.4. The van der Waals surface area contributed by atoms with Crippen LogP contribution in [0.4, 0.5) is 0 Å². The molecule has 0 aromatic carbocycles. The van der Waals surface area contributed by atoms with E-state index in [0.29, 0.717) is 37.6 Å². The van der Waals surface area contributed by atoms with E-state index in [1.807, 2.05) is 0 Å². The molecule has 0 aliphatic heterocycles. The molecule has 0 bridgehead atoms. The second-order valence-electron chi connectivity index (χ2n) is 5.22. The van der Waals surface area contributed by atoms with Crippen LogP contribution in [-0.4, -0.2) is 36.7 Å². The number of hydrogen-bond donors (Lipinski definition) is 0. The quantitative estimate of drug-likeness (QED) is 0.276. The van der Waals surface area contributed by atoms with E-state index in [2.05, 4.69) is 12.1 Å². The molecule has 0 aliphatic carbocycles. The van der Waals surface area contributed by atoms with E-state index in [-0.39, 0.29) is 36.6 Å². The summed E-state index contributed by atoms with van der Waals surface area (Å²) in [5.74, 6) is 0.517. The normalized spacial score (nSPS) is 12.5. The molecule has 24 heavy (non-hydrogen) atoms. The van der Waals surface area contributed by atoms with Crippen LogP contribution in [-0.2, 0) is 19.1 Å². The lowest BCUT2D eigenvalue weighted by Gasteiger charge is -2.06. The predicted molar refractivity (Wildman–Crippen MR) is 94.9 cm³/mol. The van der Waals surface area contributed by atoms with Gasteiger partial charge >= 0.3 is 11.9 Å². The highest BCUT2D eigenvalue weighted by atomic mass is 33.1. The van der Waals surface area contributed by atoms with E-state index < -0.39 is 0 Å². The summed E-state index contributed by atoms with van der Waals surface area (Å²) in [5, 5.41) is 17.2. The van der Waals surface area contributed by atoms with Crippen LogP contribution in [0.25, 0.3) is 0 Å². The van der Waals surface area contributed by atoms with E-state index in [1.165, 1.54) is 0 Å². The smallest absolute Gasteiger partial charge is 0.305 e. The van der Waals surface area contributed by atoms with E-state index >= 15 is 0 Å². The first kappa shape index (κ1) is 22.6. The second-order valence-corrected chi connectivity index (χ2v) is 7.92. The fourth-order valence-electron chi connectivity index (χ4n) is 1.44. The number of nitrogens with zero attached hydrogens (tertiary/aromatic N) is 2. The summed E-state index contributed by atoms with van der Waals surface area (Å²) in [6, 6.07) is 4.15. The molecule has 0 radical (unpaired) electrons. The van der Waals surface area contributed by atoms with Gasteiger partial charge in [-0.2, -0.15) is 10.5 Å². The zero-order chi connectivity index (χ0) is 18.2. The SMILES string of the molecule is CC(C#N)CCC(=O)OCCSSCCOC(=O)CCC(C)C#N. The van der Waals surface area contributed by atoms with Crippen LogP contribution >= 0.6 is 21.6 Å². The molecule has 0 rings (SSSR count). The highest BCUT2D eigenvalue weighted by Crippen LogP contribution is 2.20. The van der Waals surface area contributed by atoms with E-state index in [9.17, 15) is 9.59 Å². The predicted octanol–water partition coefficient (Wildman–Crippen LogP) is 3.33. The molecule has 0 heterocycles. The molecule has 0 aromatic rings. The fraction of sp³-hybridized carbons (Fsp3) is 0.750. The third-order valence-corrected chi connectivity index (χ3v) is 5.28. The second kappa shape index (κ2) is 15.2. The fourth-order valence-corrected chi connectivity index (χ4v) is 3.09. The van der Waals surface area contributed by atoms with E-state index in [4.69, 9.17) is 20.0 Å². The lowest BCUT2D eigenvalue weighted by Crippen LogP contribution is -2.09. The van der Waals surface area contributed by atoms with Crippen molar-refractivity contribution in [3.63, 3.8) is 0 Å². The van der Waals surface area contributed by atoms with Crippen LogP contribution in [0, 0.1) is 34.5 Å². The molecule has 2 unspecified atom stereocenters. The zero-order valence-corrected chi connectivity index (χ0v) is 15.8. The molecular weight excluding hydrogens is 348 g/mol. The Morgan fingerprint density at radius 2 is 1.25 bits per heavy atom. The Kier molecular flexibility index (Phi) is 14.3. The molecule has 0 fully saturated rings. The van der Waals surface area contributed by atoms with Gasteiger partial charge in [-0.1, -0.05) is 21.6 Å². The summed E-state index contributed by atoms with van der Waals surface area (Å²) in [5.41, 5.74) is 0. The molecule has 0 aromatic heterocycles. The summed E-state index contributed by atoms with van der Waals surface area (Å²) in [7, 11) is 3.10. The minimum absolute atomic E-state index is 0.131. The van der Waals surface area contributed by atoms with Gasteiger partial charge in [-0.05, 0) is 26.7 Å². The highest BCUT2D eigenvalue weighted by molar-refractivity contribution is 8.76. The lowest BCUT2D eigenvalue weighted by molar-refractivity contribution is -0.144. The van der Waals surface area contributed by atoms with Gasteiger partial charge in [0.1, 0.15) is 13.2 Å². The molecule has 0 saturated heterocycles. The topological polar surface area (TPSA) is 100 Å². The summed E-state index contributed by atoms with van der Waals surface area (Å²) in [6.07, 6.45) is 1.59. The molecule has 2 atom stereocenters. The van der Waals surface area contributed by atoms with Gasteiger partial charge in [0.2, 0.25) is 0 Å². The lowest BCUT2D eigenvalue weighted by atomic mass is 10.1. The number of carbonyl (C=O) groups is 2. The Hall–Kier alpha value is -1.38. The molecule has 134 valence electrons. The van der Waals surface area contributed by atoms with Crippen molar-refractivity contribution >= 4 is 33.5 Å². The Morgan fingerprint density at radius 3 is 1.58 bits per heavy atom. The van der Waals surface area contributed by atoms with Gasteiger partial charge in [0.25, 0.3) is 0 Å². The van der Waals surface area contributed by atoms with Crippen LogP contribution in [0.3, 0.4) is 0 Å². The third-order valence-electron chi connectivity index (χ3n) is 2.95.